The summed E-state index contributed by atoms with van der Waals surface area (Å²) in [6, 6.07) is 9.33. The van der Waals surface area contributed by atoms with Gasteiger partial charge in [-0.3, -0.25) is 0 Å². The number of nitrogens with one attached hydrogen (secondary N) is 1. The minimum atomic E-state index is 0.415. The number of rotatable bonds is 3. The van der Waals surface area contributed by atoms with Gasteiger partial charge in [-0.15, -0.1) is 11.8 Å². The number of fused-ring (bicyclic) bond motifs is 2. The number of benzene rings is 1. The van der Waals surface area contributed by atoms with Crippen LogP contribution in [0.5, 0.6) is 0 Å². The summed E-state index contributed by atoms with van der Waals surface area (Å²) in [6.45, 7) is 7.41. The van der Waals surface area contributed by atoms with Crippen LogP contribution in [0.3, 0.4) is 0 Å². The summed E-state index contributed by atoms with van der Waals surface area (Å²) in [5, 5.41) is 3.90. The molecule has 3 unspecified atom stereocenters. The van der Waals surface area contributed by atoms with E-state index in [-0.39, 0.29) is 0 Å². The molecule has 2 heteroatoms. The predicted octanol–water partition coefficient (Wildman–Crippen LogP) is 5.04. The fraction of sp³-hybridized carbons (Fsp3) is 0.647. The van der Waals surface area contributed by atoms with E-state index in [1.165, 1.54) is 29.8 Å². The van der Waals surface area contributed by atoms with E-state index in [1.807, 2.05) is 11.8 Å². The number of anilines is 1. The number of para-hydroxylation sites is 1. The van der Waals surface area contributed by atoms with Crippen LogP contribution in [0.1, 0.15) is 40.0 Å². The van der Waals surface area contributed by atoms with E-state index >= 15 is 0 Å². The number of hydrogen-bond acceptors (Lipinski definition) is 2. The van der Waals surface area contributed by atoms with Gasteiger partial charge < -0.3 is 5.32 Å². The average molecular weight is 275 g/mol. The van der Waals surface area contributed by atoms with Gasteiger partial charge in [-0.1, -0.05) is 32.9 Å². The maximum atomic E-state index is 3.90. The fourth-order valence-corrected chi connectivity index (χ4v) is 5.14. The first kappa shape index (κ1) is 13.4. The second-order valence-electron chi connectivity index (χ2n) is 7.19. The van der Waals surface area contributed by atoms with Gasteiger partial charge in [0.1, 0.15) is 0 Å². The summed E-state index contributed by atoms with van der Waals surface area (Å²) in [4.78, 5) is 1.37. The second kappa shape index (κ2) is 4.44. The maximum Gasteiger partial charge on any atom is 0.0480 e. The van der Waals surface area contributed by atoms with Crippen LogP contribution in [0, 0.1) is 16.7 Å². The molecule has 0 saturated heterocycles. The molecule has 19 heavy (non-hydrogen) atoms. The Kier molecular flexibility index (Phi) is 3.12. The molecule has 3 rings (SSSR count). The third-order valence-electron chi connectivity index (χ3n) is 5.68. The SMILES string of the molecule is CSc1ccccc1NC1C2(C)CCC(C2)C1(C)C. The quantitative estimate of drug-likeness (QED) is 0.776. The molecular weight excluding hydrogens is 250 g/mol. The van der Waals surface area contributed by atoms with Gasteiger partial charge in [-0.2, -0.15) is 0 Å². The zero-order chi connectivity index (χ0) is 13.7. The zero-order valence-corrected chi connectivity index (χ0v) is 13.3. The van der Waals surface area contributed by atoms with Gasteiger partial charge in [0, 0.05) is 16.6 Å². The molecule has 1 N–H and O–H groups in total. The molecule has 0 radical (unpaired) electrons. The highest BCUT2D eigenvalue weighted by Crippen LogP contribution is 2.63. The molecule has 2 saturated carbocycles. The molecule has 1 aromatic carbocycles. The summed E-state index contributed by atoms with van der Waals surface area (Å²) in [5.41, 5.74) is 2.22. The largest absolute Gasteiger partial charge is 0.380 e. The van der Waals surface area contributed by atoms with Crippen molar-refractivity contribution in [3.63, 3.8) is 0 Å². The topological polar surface area (TPSA) is 12.0 Å². The van der Waals surface area contributed by atoms with E-state index in [0.29, 0.717) is 16.9 Å². The highest BCUT2D eigenvalue weighted by atomic mass is 32.2. The summed E-state index contributed by atoms with van der Waals surface area (Å²) in [5.74, 6) is 0.899. The van der Waals surface area contributed by atoms with E-state index in [9.17, 15) is 0 Å². The van der Waals surface area contributed by atoms with Crippen molar-refractivity contribution in [2.45, 2.75) is 51.0 Å². The van der Waals surface area contributed by atoms with Crippen molar-refractivity contribution in [2.75, 3.05) is 11.6 Å². The lowest BCUT2D eigenvalue weighted by molar-refractivity contribution is 0.155. The summed E-state index contributed by atoms with van der Waals surface area (Å²) < 4.78 is 0. The monoisotopic (exact) mass is 275 g/mol. The molecule has 2 bridgehead atoms. The Morgan fingerprint density at radius 1 is 1.21 bits per heavy atom. The van der Waals surface area contributed by atoms with E-state index in [2.05, 4.69) is 56.6 Å². The van der Waals surface area contributed by atoms with Crippen LogP contribution in [0.4, 0.5) is 5.69 Å². The second-order valence-corrected chi connectivity index (χ2v) is 8.04. The summed E-state index contributed by atoms with van der Waals surface area (Å²) in [6.07, 6.45) is 6.37. The standard InChI is InChI=1S/C17H25NS/c1-16(2)12-9-10-17(3,11-12)15(16)18-13-7-5-6-8-14(13)19-4/h5-8,12,15,18H,9-11H2,1-4H3. The van der Waals surface area contributed by atoms with Gasteiger partial charge in [-0.25, -0.2) is 0 Å². The van der Waals surface area contributed by atoms with Gasteiger partial charge >= 0.3 is 0 Å². The number of hydrogen-bond donors (Lipinski definition) is 1. The van der Waals surface area contributed by atoms with Crippen molar-refractivity contribution in [3.05, 3.63) is 24.3 Å². The molecule has 0 aromatic heterocycles. The molecule has 0 aliphatic heterocycles. The van der Waals surface area contributed by atoms with E-state index < -0.39 is 0 Å². The van der Waals surface area contributed by atoms with Crippen LogP contribution in [-0.2, 0) is 0 Å². The van der Waals surface area contributed by atoms with Crippen molar-refractivity contribution in [2.24, 2.45) is 16.7 Å². The number of thioether (sulfide) groups is 1. The first-order valence-electron chi connectivity index (χ1n) is 7.37. The Labute approximate surface area is 121 Å². The van der Waals surface area contributed by atoms with Crippen molar-refractivity contribution in [3.8, 4) is 0 Å². The lowest BCUT2D eigenvalue weighted by atomic mass is 9.68. The minimum Gasteiger partial charge on any atom is -0.380 e. The molecule has 0 spiro atoms. The summed E-state index contributed by atoms with van der Waals surface area (Å²) >= 11 is 1.84. The maximum absolute atomic E-state index is 3.90. The van der Waals surface area contributed by atoms with Crippen LogP contribution in [0.15, 0.2) is 29.2 Å². The first-order chi connectivity index (χ1) is 8.97. The Morgan fingerprint density at radius 2 is 1.95 bits per heavy atom. The third-order valence-corrected chi connectivity index (χ3v) is 6.47. The zero-order valence-electron chi connectivity index (χ0n) is 12.5. The lowest BCUT2D eigenvalue weighted by Gasteiger charge is -2.44. The van der Waals surface area contributed by atoms with E-state index in [4.69, 9.17) is 0 Å². The Hall–Kier alpha value is -0.630. The van der Waals surface area contributed by atoms with Crippen molar-refractivity contribution in [1.82, 2.24) is 0 Å². The van der Waals surface area contributed by atoms with Crippen LogP contribution >= 0.6 is 11.8 Å². The van der Waals surface area contributed by atoms with E-state index in [1.54, 1.807) is 0 Å². The average Bonchev–Trinajstić information content (AvgIpc) is 2.86. The third kappa shape index (κ3) is 1.99. The van der Waals surface area contributed by atoms with Crippen molar-refractivity contribution >= 4 is 17.4 Å². The Bertz CT molecular complexity index is 477. The molecule has 3 atom stereocenters. The fourth-order valence-electron chi connectivity index (χ4n) is 4.58. The molecule has 104 valence electrons. The Balaban J connectivity index is 1.90. The lowest BCUT2D eigenvalue weighted by Crippen LogP contribution is -2.45. The van der Waals surface area contributed by atoms with Crippen LogP contribution in [-0.4, -0.2) is 12.3 Å². The Morgan fingerprint density at radius 3 is 2.58 bits per heavy atom. The van der Waals surface area contributed by atoms with Gasteiger partial charge in [0.25, 0.3) is 0 Å². The molecule has 2 aliphatic carbocycles. The van der Waals surface area contributed by atoms with Crippen molar-refractivity contribution < 1.29 is 0 Å². The molecular formula is C17H25NS. The highest BCUT2D eigenvalue weighted by molar-refractivity contribution is 7.98. The molecule has 0 amide bonds. The normalized spacial score (nSPS) is 35.6. The van der Waals surface area contributed by atoms with E-state index in [0.717, 1.165) is 5.92 Å². The predicted molar refractivity (Wildman–Crippen MR) is 84.9 cm³/mol. The summed E-state index contributed by atoms with van der Waals surface area (Å²) in [7, 11) is 0. The van der Waals surface area contributed by atoms with Crippen LogP contribution < -0.4 is 5.32 Å². The van der Waals surface area contributed by atoms with Gasteiger partial charge in [0.15, 0.2) is 0 Å². The molecule has 0 heterocycles. The van der Waals surface area contributed by atoms with Crippen molar-refractivity contribution in [1.29, 1.82) is 0 Å². The van der Waals surface area contributed by atoms with Gasteiger partial charge in [0.2, 0.25) is 0 Å². The van der Waals surface area contributed by atoms with Crippen LogP contribution in [0.2, 0.25) is 0 Å². The van der Waals surface area contributed by atoms with Gasteiger partial charge in [0.05, 0.1) is 0 Å². The molecule has 1 nitrogen and oxygen atoms in total. The van der Waals surface area contributed by atoms with Gasteiger partial charge in [-0.05, 0) is 54.4 Å². The van der Waals surface area contributed by atoms with Crippen LogP contribution in [0.25, 0.3) is 0 Å². The smallest absolute Gasteiger partial charge is 0.0480 e. The minimum absolute atomic E-state index is 0.415. The molecule has 1 aromatic rings. The molecule has 2 aliphatic rings. The molecule has 2 fully saturated rings. The highest BCUT2D eigenvalue weighted by Gasteiger charge is 2.59. The first-order valence-corrected chi connectivity index (χ1v) is 8.59.